The zero-order valence-corrected chi connectivity index (χ0v) is 15.7. The van der Waals surface area contributed by atoms with E-state index in [9.17, 15) is 18.0 Å². The van der Waals surface area contributed by atoms with Gasteiger partial charge in [-0.05, 0) is 38.5 Å². The summed E-state index contributed by atoms with van der Waals surface area (Å²) < 4.78 is 37.8. The second kappa shape index (κ2) is 10.0. The van der Waals surface area contributed by atoms with E-state index < -0.39 is 11.7 Å². The highest BCUT2D eigenvalue weighted by Crippen LogP contribution is 2.29. The lowest BCUT2D eigenvalue weighted by molar-refractivity contribution is -0.137. The van der Waals surface area contributed by atoms with Crippen molar-refractivity contribution in [2.75, 3.05) is 33.2 Å². The highest BCUT2D eigenvalue weighted by atomic mass is 19.4. The summed E-state index contributed by atoms with van der Waals surface area (Å²) >= 11 is 0. The topological polar surface area (TPSA) is 47.9 Å². The zero-order valence-electron chi connectivity index (χ0n) is 15.7. The summed E-state index contributed by atoms with van der Waals surface area (Å²) in [6.45, 7) is 8.07. The van der Waals surface area contributed by atoms with Crippen molar-refractivity contribution in [3.8, 4) is 0 Å². The number of nitrogens with zero attached hydrogens (tertiary/aromatic N) is 3. The average molecular weight is 372 g/mol. The average Bonchev–Trinajstić information content (AvgIpc) is 2.59. The molecule has 1 aromatic carbocycles. The molecule has 1 N–H and O–H groups in total. The maximum atomic E-state index is 12.6. The summed E-state index contributed by atoms with van der Waals surface area (Å²) in [4.78, 5) is 20.1. The lowest BCUT2D eigenvalue weighted by Crippen LogP contribution is -2.45. The largest absolute Gasteiger partial charge is 0.416 e. The lowest BCUT2D eigenvalue weighted by atomic mass is 10.1. The number of hydrogen-bond acceptors (Lipinski definition) is 2. The molecule has 0 unspecified atom stereocenters. The van der Waals surface area contributed by atoms with E-state index in [1.165, 1.54) is 12.1 Å². The van der Waals surface area contributed by atoms with Crippen LogP contribution in [-0.4, -0.2) is 54.9 Å². The normalized spacial score (nSPS) is 12.0. The van der Waals surface area contributed by atoms with Crippen LogP contribution < -0.4 is 5.32 Å². The highest BCUT2D eigenvalue weighted by molar-refractivity contribution is 5.86. The Morgan fingerprint density at radius 1 is 1.12 bits per heavy atom. The van der Waals surface area contributed by atoms with Crippen LogP contribution in [0.5, 0.6) is 0 Å². The quantitative estimate of drug-likeness (QED) is 0.591. The van der Waals surface area contributed by atoms with Crippen molar-refractivity contribution >= 4 is 11.9 Å². The third-order valence-corrected chi connectivity index (χ3v) is 3.88. The maximum Gasteiger partial charge on any atom is 0.416 e. The molecule has 8 heteroatoms. The van der Waals surface area contributed by atoms with Gasteiger partial charge in [-0.2, -0.15) is 13.2 Å². The fourth-order valence-corrected chi connectivity index (χ4v) is 2.39. The Kier molecular flexibility index (Phi) is 8.41. The monoisotopic (exact) mass is 372 g/mol. The van der Waals surface area contributed by atoms with E-state index >= 15 is 0 Å². The molecule has 0 atom stereocenters. The van der Waals surface area contributed by atoms with E-state index in [-0.39, 0.29) is 19.0 Å². The highest BCUT2D eigenvalue weighted by Gasteiger charge is 2.29. The number of hydrogen-bond donors (Lipinski definition) is 1. The molecule has 0 aromatic heterocycles. The molecule has 0 aliphatic rings. The molecule has 26 heavy (non-hydrogen) atoms. The Labute approximate surface area is 152 Å². The van der Waals surface area contributed by atoms with Gasteiger partial charge in [-0.25, -0.2) is 4.99 Å². The van der Waals surface area contributed by atoms with Crippen LogP contribution in [0.1, 0.15) is 31.9 Å². The summed E-state index contributed by atoms with van der Waals surface area (Å²) in [6.07, 6.45) is -4.35. The van der Waals surface area contributed by atoms with Crippen LogP contribution in [0, 0.1) is 0 Å². The Morgan fingerprint density at radius 3 is 2.15 bits per heavy atom. The molecule has 0 heterocycles. The summed E-state index contributed by atoms with van der Waals surface area (Å²) in [5.74, 6) is 0.533. The third-order valence-electron chi connectivity index (χ3n) is 3.88. The first-order chi connectivity index (χ1) is 12.2. The van der Waals surface area contributed by atoms with Gasteiger partial charge in [-0.3, -0.25) is 4.79 Å². The van der Waals surface area contributed by atoms with Crippen molar-refractivity contribution in [2.24, 2.45) is 4.99 Å². The summed E-state index contributed by atoms with van der Waals surface area (Å²) in [5, 5.41) is 3.09. The number of alkyl halides is 3. The Balaban J connectivity index is 2.80. The zero-order chi connectivity index (χ0) is 19.7. The van der Waals surface area contributed by atoms with Crippen molar-refractivity contribution in [1.82, 2.24) is 15.1 Å². The molecule has 0 saturated carbocycles. The van der Waals surface area contributed by atoms with Gasteiger partial charge in [-0.1, -0.05) is 12.1 Å². The van der Waals surface area contributed by atoms with Crippen LogP contribution in [0.2, 0.25) is 0 Å². The summed E-state index contributed by atoms with van der Waals surface area (Å²) in [6, 6.07) is 4.92. The van der Waals surface area contributed by atoms with Gasteiger partial charge in [0.05, 0.1) is 18.7 Å². The first-order valence-electron chi connectivity index (χ1n) is 8.66. The molecule has 0 bridgehead atoms. The molecule has 0 fully saturated rings. The number of aliphatic imine (C=N–C) groups is 1. The minimum atomic E-state index is -4.35. The molecule has 5 nitrogen and oxygen atoms in total. The molecule has 0 saturated heterocycles. The van der Waals surface area contributed by atoms with Gasteiger partial charge < -0.3 is 15.1 Å². The number of guanidine groups is 1. The fraction of sp³-hybridized carbons (Fsp3) is 0.556. The molecule has 0 aliphatic heterocycles. The molecular weight excluding hydrogens is 345 g/mol. The van der Waals surface area contributed by atoms with E-state index in [0.717, 1.165) is 12.1 Å². The number of benzene rings is 1. The first kappa shape index (κ1) is 21.8. The van der Waals surface area contributed by atoms with Crippen molar-refractivity contribution in [2.45, 2.75) is 33.5 Å². The molecule has 0 radical (unpaired) electrons. The predicted octanol–water partition coefficient (Wildman–Crippen LogP) is 2.97. The minimum absolute atomic E-state index is 0.00219. The number of halogens is 3. The number of carbonyl (C=O) groups is 1. The van der Waals surface area contributed by atoms with Gasteiger partial charge in [-0.15, -0.1) is 0 Å². The molecule has 0 aliphatic carbocycles. The van der Waals surface area contributed by atoms with Gasteiger partial charge in [0, 0.05) is 26.7 Å². The predicted molar refractivity (Wildman–Crippen MR) is 96.8 cm³/mol. The summed E-state index contributed by atoms with van der Waals surface area (Å²) in [7, 11) is 1.76. The van der Waals surface area contributed by atoms with E-state index in [4.69, 9.17) is 0 Å². The fourth-order valence-electron chi connectivity index (χ4n) is 2.39. The standard InChI is InChI=1S/C18H27F3N4O/c1-5-22-17(24(4)13-16(26)25(6-2)7-3)23-12-14-8-10-15(11-9-14)18(19,20)21/h8-11H,5-7,12-13H2,1-4H3,(H,22,23). The number of likely N-dealkylation sites (N-methyl/N-ethyl adjacent to an activating group) is 2. The van der Waals surface area contributed by atoms with E-state index in [1.807, 2.05) is 20.8 Å². The van der Waals surface area contributed by atoms with Crippen LogP contribution in [0.3, 0.4) is 0 Å². The number of carbonyl (C=O) groups excluding carboxylic acids is 1. The number of nitrogens with one attached hydrogen (secondary N) is 1. The Bertz CT molecular complexity index is 595. The molecular formula is C18H27F3N4O. The van der Waals surface area contributed by atoms with Crippen LogP contribution in [0.25, 0.3) is 0 Å². The molecule has 146 valence electrons. The smallest absolute Gasteiger partial charge is 0.357 e. The van der Waals surface area contributed by atoms with Gasteiger partial charge in [0.2, 0.25) is 5.91 Å². The molecule has 0 spiro atoms. The van der Waals surface area contributed by atoms with Gasteiger partial charge in [0.25, 0.3) is 0 Å². The number of rotatable bonds is 7. The van der Waals surface area contributed by atoms with Gasteiger partial charge in [0.15, 0.2) is 5.96 Å². The maximum absolute atomic E-state index is 12.6. The van der Waals surface area contributed by atoms with Gasteiger partial charge >= 0.3 is 6.18 Å². The number of amides is 1. The van der Waals surface area contributed by atoms with Crippen LogP contribution >= 0.6 is 0 Å². The van der Waals surface area contributed by atoms with E-state index in [1.54, 1.807) is 16.8 Å². The molecule has 1 rings (SSSR count). The minimum Gasteiger partial charge on any atom is -0.357 e. The Hall–Kier alpha value is -2.25. The van der Waals surface area contributed by atoms with Crippen molar-refractivity contribution in [1.29, 1.82) is 0 Å². The molecule has 1 amide bonds. The van der Waals surface area contributed by atoms with Crippen molar-refractivity contribution < 1.29 is 18.0 Å². The Morgan fingerprint density at radius 2 is 1.69 bits per heavy atom. The SMILES string of the molecule is CCNC(=NCc1ccc(C(F)(F)F)cc1)N(C)CC(=O)N(CC)CC. The van der Waals surface area contributed by atoms with E-state index in [2.05, 4.69) is 10.3 Å². The second-order valence-electron chi connectivity index (χ2n) is 5.79. The second-order valence-corrected chi connectivity index (χ2v) is 5.79. The van der Waals surface area contributed by atoms with E-state index in [0.29, 0.717) is 31.2 Å². The van der Waals surface area contributed by atoms with Crippen LogP contribution in [0.4, 0.5) is 13.2 Å². The van der Waals surface area contributed by atoms with Crippen LogP contribution in [0.15, 0.2) is 29.3 Å². The first-order valence-corrected chi connectivity index (χ1v) is 8.66. The lowest BCUT2D eigenvalue weighted by Gasteiger charge is -2.25. The summed E-state index contributed by atoms with van der Waals surface area (Å²) in [5.41, 5.74) is -0.0176. The van der Waals surface area contributed by atoms with Gasteiger partial charge in [0.1, 0.15) is 0 Å². The molecule has 1 aromatic rings. The third kappa shape index (κ3) is 6.57. The van der Waals surface area contributed by atoms with Crippen molar-refractivity contribution in [3.05, 3.63) is 35.4 Å². The van der Waals surface area contributed by atoms with Crippen LogP contribution in [-0.2, 0) is 17.5 Å². The van der Waals surface area contributed by atoms with Crippen molar-refractivity contribution in [3.63, 3.8) is 0 Å².